The van der Waals surface area contributed by atoms with E-state index in [1.807, 2.05) is 54.3 Å². The quantitative estimate of drug-likeness (QED) is 0.311. The molecule has 0 amide bonds. The number of alkyl halides is 2. The van der Waals surface area contributed by atoms with Crippen LogP contribution in [0.15, 0.2) is 36.7 Å². The molecule has 38 heavy (non-hydrogen) atoms. The predicted octanol–water partition coefficient (Wildman–Crippen LogP) is 3.91. The summed E-state index contributed by atoms with van der Waals surface area (Å²) in [7, 11) is 7.06. The fraction of sp³-hybridized carbons (Fsp3) is 0.444. The van der Waals surface area contributed by atoms with E-state index in [-0.39, 0.29) is 18.8 Å². The molecule has 4 aromatic rings. The number of benzene rings is 1. The number of imidazole rings is 1. The minimum atomic E-state index is -2.91. The lowest BCUT2D eigenvalue weighted by Gasteiger charge is -2.29. The first kappa shape index (κ1) is 27.9. The average molecular weight is 548 g/mol. The van der Waals surface area contributed by atoms with Gasteiger partial charge in [-0.2, -0.15) is 4.68 Å². The molecule has 2 N–H and O–H groups in total. The molecule has 0 saturated carbocycles. The van der Waals surface area contributed by atoms with Gasteiger partial charge in [0.2, 0.25) is 5.88 Å². The lowest BCUT2D eigenvalue weighted by molar-refractivity contribution is -0.752. The second kappa shape index (κ2) is 10.2. The molecule has 11 heteroatoms. The molecule has 0 aliphatic heterocycles. The van der Waals surface area contributed by atoms with Crippen LogP contribution in [0, 0.1) is 6.92 Å². The van der Waals surface area contributed by atoms with Gasteiger partial charge in [0.15, 0.2) is 18.8 Å². The van der Waals surface area contributed by atoms with Crippen LogP contribution in [0.1, 0.15) is 48.6 Å². The summed E-state index contributed by atoms with van der Waals surface area (Å²) < 4.78 is 39.1. The van der Waals surface area contributed by atoms with Crippen LogP contribution < -0.4 is 14.7 Å². The second-order valence-corrected chi connectivity index (χ2v) is 10.1. The number of aromatic nitrogens is 5. The highest BCUT2D eigenvalue weighted by molar-refractivity contribution is 6.36. The van der Waals surface area contributed by atoms with E-state index in [0.717, 1.165) is 12.7 Å². The number of fused-ring (bicyclic) bond motifs is 1. The highest BCUT2D eigenvalue weighted by Crippen LogP contribution is 2.40. The molecule has 0 bridgehead atoms. The number of rotatable bonds is 9. The summed E-state index contributed by atoms with van der Waals surface area (Å²) in [5.41, 5.74) is 1.18. The van der Waals surface area contributed by atoms with Crippen LogP contribution >= 0.6 is 11.6 Å². The Morgan fingerprint density at radius 3 is 2.47 bits per heavy atom. The number of pyridine rings is 1. The van der Waals surface area contributed by atoms with Gasteiger partial charge in [-0.15, -0.1) is 4.68 Å². The van der Waals surface area contributed by atoms with E-state index in [4.69, 9.17) is 16.3 Å². The van der Waals surface area contributed by atoms with Gasteiger partial charge in [0.05, 0.1) is 42.6 Å². The first-order valence-corrected chi connectivity index (χ1v) is 12.7. The van der Waals surface area contributed by atoms with Crippen molar-refractivity contribution in [2.24, 2.45) is 21.1 Å². The molecule has 0 aliphatic carbocycles. The molecule has 1 aromatic carbocycles. The number of halogens is 3. The zero-order valence-corrected chi connectivity index (χ0v) is 23.4. The standard InChI is InChI=1S/C27H34ClF2N6O2/c1-8-21(26(3,29)30)32-14-19-24(28)18-13-17(9-10-20(18)33-25(19)38-7)27(37,22-11-12-34(4)36(22)6)23-15-31-16(2)35(23)5/h9-13,15,21,32,37H,8,14H2,1-7H3/q+1. The van der Waals surface area contributed by atoms with Gasteiger partial charge in [0.25, 0.3) is 5.92 Å². The summed E-state index contributed by atoms with van der Waals surface area (Å²) in [6.07, 6.45) is 3.76. The zero-order valence-electron chi connectivity index (χ0n) is 22.7. The molecule has 3 heterocycles. The highest BCUT2D eigenvalue weighted by Gasteiger charge is 2.42. The Balaban J connectivity index is 1.91. The molecule has 4 rings (SSSR count). The molecular weight excluding hydrogens is 514 g/mol. The van der Waals surface area contributed by atoms with Crippen LogP contribution in [-0.2, 0) is 33.3 Å². The number of nitrogens with one attached hydrogen (secondary N) is 1. The SMILES string of the molecule is CCC(NCc1c(OC)nc2ccc(C(O)(c3cnc(C)n3C)c3cc[n+](C)n3C)cc2c1Cl)C(C)(F)F. The Morgan fingerprint density at radius 2 is 1.95 bits per heavy atom. The van der Waals surface area contributed by atoms with Crippen molar-refractivity contribution in [2.75, 3.05) is 7.11 Å². The van der Waals surface area contributed by atoms with Gasteiger partial charge in [-0.1, -0.05) is 24.6 Å². The fourth-order valence-electron chi connectivity index (χ4n) is 4.87. The van der Waals surface area contributed by atoms with Crippen molar-refractivity contribution in [1.82, 2.24) is 24.5 Å². The van der Waals surface area contributed by atoms with Crippen LogP contribution in [0.4, 0.5) is 8.78 Å². The maximum atomic E-state index is 14.0. The molecule has 0 aliphatic rings. The number of hydrogen-bond acceptors (Lipinski definition) is 5. The Kier molecular flexibility index (Phi) is 7.53. The van der Waals surface area contributed by atoms with E-state index in [2.05, 4.69) is 15.3 Å². The largest absolute Gasteiger partial charge is 0.481 e. The van der Waals surface area contributed by atoms with Gasteiger partial charge >= 0.3 is 0 Å². The number of ether oxygens (including phenoxy) is 1. The molecule has 0 saturated heterocycles. The summed E-state index contributed by atoms with van der Waals surface area (Å²) in [4.78, 5) is 9.01. The van der Waals surface area contributed by atoms with E-state index in [9.17, 15) is 13.9 Å². The van der Waals surface area contributed by atoms with Gasteiger partial charge in [-0.25, -0.2) is 18.7 Å². The minimum Gasteiger partial charge on any atom is -0.481 e. The predicted molar refractivity (Wildman–Crippen MR) is 141 cm³/mol. The van der Waals surface area contributed by atoms with Crippen molar-refractivity contribution in [3.05, 3.63) is 70.0 Å². The average Bonchev–Trinajstić information content (AvgIpc) is 3.39. The number of aryl methyl sites for hydroxylation is 2. The normalized spacial score (nSPS) is 14.6. The smallest absolute Gasteiger partial charge is 0.260 e. The maximum Gasteiger partial charge on any atom is 0.260 e. The van der Waals surface area contributed by atoms with Crippen molar-refractivity contribution in [1.29, 1.82) is 0 Å². The van der Waals surface area contributed by atoms with Crippen molar-refractivity contribution < 1.29 is 23.3 Å². The van der Waals surface area contributed by atoms with Crippen molar-refractivity contribution in [3.63, 3.8) is 0 Å². The van der Waals surface area contributed by atoms with Crippen molar-refractivity contribution in [3.8, 4) is 5.88 Å². The van der Waals surface area contributed by atoms with Crippen molar-refractivity contribution >= 4 is 22.5 Å². The third-order valence-corrected chi connectivity index (χ3v) is 7.80. The van der Waals surface area contributed by atoms with E-state index < -0.39 is 17.6 Å². The van der Waals surface area contributed by atoms with Crippen LogP contribution in [0.25, 0.3) is 10.9 Å². The second-order valence-electron chi connectivity index (χ2n) is 9.70. The molecule has 0 radical (unpaired) electrons. The lowest BCUT2D eigenvalue weighted by Crippen LogP contribution is -2.42. The Morgan fingerprint density at radius 1 is 1.24 bits per heavy atom. The molecular formula is C27H34ClF2N6O2+. The highest BCUT2D eigenvalue weighted by atomic mass is 35.5. The van der Waals surface area contributed by atoms with E-state index in [0.29, 0.717) is 38.4 Å². The summed E-state index contributed by atoms with van der Waals surface area (Å²) in [5, 5.41) is 16.2. The first-order chi connectivity index (χ1) is 17.8. The fourth-order valence-corrected chi connectivity index (χ4v) is 5.17. The first-order valence-electron chi connectivity index (χ1n) is 12.4. The van der Waals surface area contributed by atoms with Gasteiger partial charge in [-0.05, 0) is 31.0 Å². The monoisotopic (exact) mass is 547 g/mol. The third-order valence-electron chi connectivity index (χ3n) is 7.37. The van der Waals surface area contributed by atoms with E-state index in [1.165, 1.54) is 7.11 Å². The van der Waals surface area contributed by atoms with Crippen LogP contribution in [0.5, 0.6) is 5.88 Å². The molecule has 8 nitrogen and oxygen atoms in total. The summed E-state index contributed by atoms with van der Waals surface area (Å²) in [5.74, 6) is -1.91. The zero-order chi connectivity index (χ0) is 28.0. The van der Waals surface area contributed by atoms with E-state index >= 15 is 0 Å². The Hall–Kier alpha value is -3.08. The molecule has 2 unspecified atom stereocenters. The van der Waals surface area contributed by atoms with Gasteiger partial charge in [0.1, 0.15) is 11.5 Å². The topological polar surface area (TPSA) is 81.0 Å². The maximum absolute atomic E-state index is 14.0. The van der Waals surface area contributed by atoms with Gasteiger partial charge in [-0.3, -0.25) is 0 Å². The Labute approximate surface area is 225 Å². The van der Waals surface area contributed by atoms with Crippen LogP contribution in [0.2, 0.25) is 5.02 Å². The summed E-state index contributed by atoms with van der Waals surface area (Å²) in [6, 6.07) is 6.16. The number of aliphatic hydroxyl groups is 1. The molecule has 0 fully saturated rings. The van der Waals surface area contributed by atoms with Gasteiger partial charge in [0, 0.05) is 37.5 Å². The lowest BCUT2D eigenvalue weighted by atomic mass is 9.86. The summed E-state index contributed by atoms with van der Waals surface area (Å²) >= 11 is 6.90. The minimum absolute atomic E-state index is 0.0376. The van der Waals surface area contributed by atoms with Gasteiger partial charge < -0.3 is 19.7 Å². The number of nitrogens with zero attached hydrogens (tertiary/aromatic N) is 5. The van der Waals surface area contributed by atoms with E-state index in [1.54, 1.807) is 31.3 Å². The third kappa shape index (κ3) is 4.65. The number of hydrogen-bond donors (Lipinski definition) is 2. The molecule has 2 atom stereocenters. The van der Waals surface area contributed by atoms with Crippen LogP contribution in [-0.4, -0.2) is 43.4 Å². The Bertz CT molecular complexity index is 1430. The molecule has 3 aromatic heterocycles. The van der Waals surface area contributed by atoms with Crippen LogP contribution in [0.3, 0.4) is 0 Å². The number of methoxy groups -OCH3 is 1. The molecule has 204 valence electrons. The van der Waals surface area contributed by atoms with Crippen molar-refractivity contribution in [2.45, 2.75) is 51.3 Å². The summed E-state index contributed by atoms with van der Waals surface area (Å²) in [6.45, 7) is 4.49. The molecule has 0 spiro atoms.